The molecule has 0 amide bonds. The van der Waals surface area contributed by atoms with Crippen LogP contribution in [0.2, 0.25) is 0 Å². The maximum Gasteiger partial charge on any atom is 0.206 e. The number of nitrogens with two attached hydrogens (primary N) is 1. The third kappa shape index (κ3) is 6.83. The molecule has 0 spiro atoms. The van der Waals surface area contributed by atoms with Crippen LogP contribution in [0.4, 0.5) is 5.82 Å². The van der Waals surface area contributed by atoms with Gasteiger partial charge in [-0.2, -0.15) is 0 Å². The summed E-state index contributed by atoms with van der Waals surface area (Å²) in [5.41, 5.74) is 7.38. The normalized spacial score (nSPS) is 12.1. The first-order valence-corrected chi connectivity index (χ1v) is 15.6. The minimum atomic E-state index is -3.65. The number of sulfone groups is 2. The maximum absolute atomic E-state index is 12.9. The van der Waals surface area contributed by atoms with Crippen molar-refractivity contribution in [3.8, 4) is 22.9 Å². The lowest BCUT2D eigenvalue weighted by atomic mass is 10.1. The van der Waals surface area contributed by atoms with Gasteiger partial charge in [0.1, 0.15) is 22.3 Å². The molecule has 0 aliphatic heterocycles. The molecule has 2 N–H and O–H groups in total. The number of fused-ring (bicyclic) bond motifs is 1. The van der Waals surface area contributed by atoms with Crippen molar-refractivity contribution < 1.29 is 26.3 Å². The van der Waals surface area contributed by atoms with Gasteiger partial charge >= 0.3 is 0 Å². The Hall–Kier alpha value is -3.74. The largest absolute Gasteiger partial charge is 0.493 e. The molecule has 0 unspecified atom stereocenters. The quantitative estimate of drug-likeness (QED) is 0.286. The number of nitrogen functional groups attached to an aromatic ring is 1. The number of methoxy groups -OCH3 is 1. The lowest BCUT2D eigenvalue weighted by molar-refractivity contribution is 0.236. The van der Waals surface area contributed by atoms with E-state index >= 15 is 0 Å². The molecule has 10 nitrogen and oxygen atoms in total. The van der Waals surface area contributed by atoms with E-state index in [-0.39, 0.29) is 21.4 Å². The molecule has 0 bridgehead atoms. The average Bonchev–Trinajstić information content (AvgIpc) is 2.91. The molecule has 0 saturated carbocycles. The number of aromatic nitrogens is 2. The van der Waals surface area contributed by atoms with Crippen LogP contribution in [-0.4, -0.2) is 77.6 Å². The molecule has 1 heterocycles. The number of ether oxygens (including phenoxy) is 2. The van der Waals surface area contributed by atoms with E-state index in [4.69, 9.17) is 15.2 Å². The van der Waals surface area contributed by atoms with E-state index in [1.807, 2.05) is 11.9 Å². The van der Waals surface area contributed by atoms with Crippen LogP contribution in [0.3, 0.4) is 0 Å². The van der Waals surface area contributed by atoms with Gasteiger partial charge in [-0.25, -0.2) is 26.8 Å². The Morgan fingerprint density at radius 3 is 2.18 bits per heavy atom. The second-order valence-corrected chi connectivity index (χ2v) is 13.3. The van der Waals surface area contributed by atoms with Crippen molar-refractivity contribution in [3.05, 3.63) is 66.7 Å². The molecule has 4 aromatic rings. The SMILES string of the molecule is COc1cc2c(N)nc(-c3ccc(S(=O)(=O)c4ccccc4)cc3)nc2cc1OCCN(C)CCS(C)(=O)=O. The van der Waals surface area contributed by atoms with E-state index in [1.165, 1.54) is 25.5 Å². The first-order chi connectivity index (χ1) is 18.5. The summed E-state index contributed by atoms with van der Waals surface area (Å²) in [5, 5.41) is 0.580. The van der Waals surface area contributed by atoms with Gasteiger partial charge in [0.2, 0.25) is 9.84 Å². The van der Waals surface area contributed by atoms with Crippen molar-refractivity contribution >= 4 is 36.4 Å². The van der Waals surface area contributed by atoms with E-state index in [2.05, 4.69) is 9.97 Å². The molecule has 12 heteroatoms. The Labute approximate surface area is 228 Å². The monoisotopic (exact) mass is 570 g/mol. The third-order valence-electron chi connectivity index (χ3n) is 6.06. The van der Waals surface area contributed by atoms with Crippen molar-refractivity contribution in [2.45, 2.75) is 9.79 Å². The molecule has 0 aliphatic carbocycles. The maximum atomic E-state index is 12.9. The van der Waals surface area contributed by atoms with Crippen LogP contribution in [-0.2, 0) is 19.7 Å². The van der Waals surface area contributed by atoms with Gasteiger partial charge in [-0.3, -0.25) is 0 Å². The Morgan fingerprint density at radius 1 is 0.872 bits per heavy atom. The summed E-state index contributed by atoms with van der Waals surface area (Å²) in [5.74, 6) is 1.55. The first kappa shape index (κ1) is 28.3. The van der Waals surface area contributed by atoms with Gasteiger partial charge < -0.3 is 20.1 Å². The summed E-state index contributed by atoms with van der Waals surface area (Å²) in [6.45, 7) is 1.20. The standard InChI is InChI=1S/C27H30N4O6S2/c1-31(14-16-38(3,32)33)13-15-37-25-18-23-22(17-24(25)36-2)26(28)30-27(29-23)19-9-11-21(12-10-19)39(34,35)20-7-5-4-6-8-20/h4-12,17-18H,13-16H2,1-3H3,(H2,28,29,30). The van der Waals surface area contributed by atoms with Crippen LogP contribution in [0.15, 0.2) is 76.5 Å². The minimum absolute atomic E-state index is 0.0704. The minimum Gasteiger partial charge on any atom is -0.493 e. The van der Waals surface area contributed by atoms with Crippen molar-refractivity contribution in [1.29, 1.82) is 0 Å². The highest BCUT2D eigenvalue weighted by atomic mass is 32.2. The Bertz CT molecular complexity index is 1680. The molecule has 0 aliphatic rings. The van der Waals surface area contributed by atoms with Gasteiger partial charge in [-0.1, -0.05) is 18.2 Å². The molecule has 39 heavy (non-hydrogen) atoms. The van der Waals surface area contributed by atoms with E-state index < -0.39 is 19.7 Å². The molecule has 1 aromatic heterocycles. The first-order valence-electron chi connectivity index (χ1n) is 12.0. The van der Waals surface area contributed by atoms with E-state index in [0.717, 1.165) is 0 Å². The van der Waals surface area contributed by atoms with Gasteiger partial charge in [-0.05, 0) is 49.5 Å². The summed E-state index contributed by atoms with van der Waals surface area (Å²) >= 11 is 0. The molecule has 0 fully saturated rings. The van der Waals surface area contributed by atoms with Crippen LogP contribution < -0.4 is 15.2 Å². The van der Waals surface area contributed by atoms with Crippen molar-refractivity contribution in [3.63, 3.8) is 0 Å². The number of likely N-dealkylation sites (N-methyl/N-ethyl adjacent to an activating group) is 1. The van der Waals surface area contributed by atoms with Crippen molar-refractivity contribution in [2.24, 2.45) is 0 Å². The third-order valence-corrected chi connectivity index (χ3v) is 8.77. The van der Waals surface area contributed by atoms with Crippen molar-refractivity contribution in [2.75, 3.05) is 51.6 Å². The highest BCUT2D eigenvalue weighted by Gasteiger charge is 2.18. The van der Waals surface area contributed by atoms with Crippen molar-refractivity contribution in [1.82, 2.24) is 14.9 Å². The fourth-order valence-corrected chi connectivity index (χ4v) is 5.75. The van der Waals surface area contributed by atoms with Crippen LogP contribution in [0.25, 0.3) is 22.3 Å². The second-order valence-electron chi connectivity index (χ2n) is 9.08. The highest BCUT2D eigenvalue weighted by molar-refractivity contribution is 7.91. The Balaban J connectivity index is 1.57. The van der Waals surface area contributed by atoms with Crippen LogP contribution in [0.1, 0.15) is 0 Å². The molecular weight excluding hydrogens is 540 g/mol. The smallest absolute Gasteiger partial charge is 0.206 e. The number of hydrogen-bond acceptors (Lipinski definition) is 10. The number of hydrogen-bond donors (Lipinski definition) is 1. The fraction of sp³-hybridized carbons (Fsp3) is 0.259. The van der Waals surface area contributed by atoms with Crippen LogP contribution in [0.5, 0.6) is 11.5 Å². The molecule has 206 valence electrons. The summed E-state index contributed by atoms with van der Waals surface area (Å²) < 4.78 is 60.0. The van der Waals surface area contributed by atoms with E-state index in [1.54, 1.807) is 54.6 Å². The molecule has 0 radical (unpaired) electrons. The summed E-state index contributed by atoms with van der Waals surface area (Å²) in [7, 11) is -3.35. The zero-order chi connectivity index (χ0) is 28.2. The van der Waals surface area contributed by atoms with Crippen LogP contribution >= 0.6 is 0 Å². The Morgan fingerprint density at radius 2 is 1.54 bits per heavy atom. The van der Waals surface area contributed by atoms with Gasteiger partial charge in [0.15, 0.2) is 17.3 Å². The predicted octanol–water partition coefficient (Wildman–Crippen LogP) is 3.08. The molecule has 3 aromatic carbocycles. The van der Waals surface area contributed by atoms with E-state index in [9.17, 15) is 16.8 Å². The van der Waals surface area contributed by atoms with Gasteiger partial charge in [-0.15, -0.1) is 0 Å². The van der Waals surface area contributed by atoms with Crippen LogP contribution in [0, 0.1) is 0 Å². The fourth-order valence-electron chi connectivity index (χ4n) is 3.83. The summed E-state index contributed by atoms with van der Waals surface area (Å²) in [6, 6.07) is 18.0. The number of benzene rings is 3. The zero-order valence-corrected chi connectivity index (χ0v) is 23.5. The molecule has 0 saturated heterocycles. The lowest BCUT2D eigenvalue weighted by Crippen LogP contribution is -2.29. The van der Waals surface area contributed by atoms with Gasteiger partial charge in [0.25, 0.3) is 0 Å². The topological polar surface area (TPSA) is 142 Å². The zero-order valence-electron chi connectivity index (χ0n) is 21.9. The number of nitrogens with zero attached hydrogens (tertiary/aromatic N) is 3. The molecule has 0 atom stereocenters. The Kier molecular flexibility index (Phi) is 8.38. The predicted molar refractivity (Wildman–Crippen MR) is 151 cm³/mol. The highest BCUT2D eigenvalue weighted by Crippen LogP contribution is 2.35. The second kappa shape index (κ2) is 11.6. The average molecular weight is 571 g/mol. The summed E-state index contributed by atoms with van der Waals surface area (Å²) in [4.78, 5) is 11.3. The number of anilines is 1. The lowest BCUT2D eigenvalue weighted by Gasteiger charge is -2.17. The van der Waals surface area contributed by atoms with E-state index in [0.29, 0.717) is 53.5 Å². The van der Waals surface area contributed by atoms with Gasteiger partial charge in [0.05, 0.1) is 28.2 Å². The molecular formula is C27H30N4O6S2. The van der Waals surface area contributed by atoms with Gasteiger partial charge in [0, 0.05) is 36.4 Å². The number of rotatable bonds is 11. The summed E-state index contributed by atoms with van der Waals surface area (Å²) in [6.07, 6.45) is 1.21. The molecule has 4 rings (SSSR count).